The third kappa shape index (κ3) is 4.26. The van der Waals surface area contributed by atoms with Gasteiger partial charge < -0.3 is 15.5 Å². The highest BCUT2D eigenvalue weighted by Crippen LogP contribution is 2.27. The van der Waals surface area contributed by atoms with Crippen LogP contribution in [-0.4, -0.2) is 24.4 Å². The van der Waals surface area contributed by atoms with Crippen molar-refractivity contribution in [1.82, 2.24) is 0 Å². The zero-order chi connectivity index (χ0) is 19.4. The number of carbonyl (C=O) groups excluding carboxylic acids is 2. The van der Waals surface area contributed by atoms with Gasteiger partial charge in [0.25, 0.3) is 0 Å². The number of hydrogen-bond acceptors (Lipinski definition) is 4. The third-order valence-corrected chi connectivity index (χ3v) is 4.62. The quantitative estimate of drug-likeness (QED) is 0.853. The van der Waals surface area contributed by atoms with Gasteiger partial charge in [0, 0.05) is 30.0 Å². The molecule has 2 aromatic rings. The van der Waals surface area contributed by atoms with Crippen molar-refractivity contribution in [3.05, 3.63) is 53.6 Å². The molecule has 27 heavy (non-hydrogen) atoms. The maximum atomic E-state index is 12.4. The SMILES string of the molecule is Cc1cc(N[C@H](C)C(=O)Nc2ccc(C#N)cc2)ccc1N1CCCC1=O. The fourth-order valence-corrected chi connectivity index (χ4v) is 3.15. The fraction of sp³-hybridized carbons (Fsp3) is 0.286. The molecule has 0 spiro atoms. The second-order valence-corrected chi connectivity index (χ2v) is 6.69. The first-order valence-corrected chi connectivity index (χ1v) is 8.96. The van der Waals surface area contributed by atoms with Crippen LogP contribution in [0.4, 0.5) is 17.1 Å². The first kappa shape index (κ1) is 18.5. The molecule has 1 saturated heterocycles. The normalized spacial score (nSPS) is 14.6. The molecule has 0 radical (unpaired) electrons. The van der Waals surface area contributed by atoms with Crippen LogP contribution in [0, 0.1) is 18.3 Å². The van der Waals surface area contributed by atoms with Crippen molar-refractivity contribution < 1.29 is 9.59 Å². The Balaban J connectivity index is 1.63. The number of nitrogens with one attached hydrogen (secondary N) is 2. The Hall–Kier alpha value is -3.33. The summed E-state index contributed by atoms with van der Waals surface area (Å²) in [6.07, 6.45) is 1.50. The lowest BCUT2D eigenvalue weighted by atomic mass is 10.1. The van der Waals surface area contributed by atoms with E-state index in [1.54, 1.807) is 31.2 Å². The molecule has 1 heterocycles. The van der Waals surface area contributed by atoms with Gasteiger partial charge in [-0.3, -0.25) is 9.59 Å². The standard InChI is InChI=1S/C21H22N4O2/c1-14-12-18(9-10-19(14)25-11-3-4-20(25)26)23-15(2)21(27)24-17-7-5-16(13-22)6-8-17/h5-10,12,15,23H,3-4,11H2,1-2H3,(H,24,27)/t15-/m1/s1. The van der Waals surface area contributed by atoms with E-state index >= 15 is 0 Å². The number of aryl methyl sites for hydroxylation is 1. The van der Waals surface area contributed by atoms with Gasteiger partial charge in [0.1, 0.15) is 6.04 Å². The summed E-state index contributed by atoms with van der Waals surface area (Å²) < 4.78 is 0. The van der Waals surface area contributed by atoms with Crippen molar-refractivity contribution >= 4 is 28.9 Å². The van der Waals surface area contributed by atoms with Gasteiger partial charge in [-0.15, -0.1) is 0 Å². The monoisotopic (exact) mass is 362 g/mol. The van der Waals surface area contributed by atoms with Crippen LogP contribution in [0.2, 0.25) is 0 Å². The minimum atomic E-state index is -0.445. The summed E-state index contributed by atoms with van der Waals surface area (Å²) in [6, 6.07) is 14.1. The van der Waals surface area contributed by atoms with E-state index in [2.05, 4.69) is 10.6 Å². The van der Waals surface area contributed by atoms with Crippen LogP contribution in [0.5, 0.6) is 0 Å². The summed E-state index contributed by atoms with van der Waals surface area (Å²) in [5.41, 5.74) is 3.94. The summed E-state index contributed by atoms with van der Waals surface area (Å²) in [5.74, 6) is -0.00914. The molecule has 1 fully saturated rings. The van der Waals surface area contributed by atoms with Crippen molar-refractivity contribution in [1.29, 1.82) is 5.26 Å². The molecule has 6 heteroatoms. The zero-order valence-electron chi connectivity index (χ0n) is 15.5. The lowest BCUT2D eigenvalue weighted by Gasteiger charge is -2.20. The van der Waals surface area contributed by atoms with E-state index in [1.165, 1.54) is 0 Å². The van der Waals surface area contributed by atoms with E-state index < -0.39 is 6.04 Å². The van der Waals surface area contributed by atoms with E-state index in [0.717, 1.165) is 29.9 Å². The number of amides is 2. The summed E-state index contributed by atoms with van der Waals surface area (Å²) in [6.45, 7) is 4.51. The second-order valence-electron chi connectivity index (χ2n) is 6.69. The number of nitriles is 1. The molecule has 2 N–H and O–H groups in total. The van der Waals surface area contributed by atoms with Crippen LogP contribution in [0.15, 0.2) is 42.5 Å². The Kier molecular flexibility index (Phi) is 5.41. The molecular formula is C21H22N4O2. The van der Waals surface area contributed by atoms with Crippen molar-refractivity contribution in [3.8, 4) is 6.07 Å². The Morgan fingerprint density at radius 2 is 1.89 bits per heavy atom. The van der Waals surface area contributed by atoms with E-state index in [-0.39, 0.29) is 11.8 Å². The predicted octanol–water partition coefficient (Wildman–Crippen LogP) is 3.43. The summed E-state index contributed by atoms with van der Waals surface area (Å²) in [5, 5.41) is 14.8. The molecule has 0 saturated carbocycles. The number of anilines is 3. The Morgan fingerprint density at radius 3 is 2.48 bits per heavy atom. The molecule has 0 aromatic heterocycles. The molecule has 0 bridgehead atoms. The van der Waals surface area contributed by atoms with Gasteiger partial charge >= 0.3 is 0 Å². The van der Waals surface area contributed by atoms with Crippen molar-refractivity contribution in [3.63, 3.8) is 0 Å². The molecule has 6 nitrogen and oxygen atoms in total. The Labute approximate surface area is 158 Å². The molecule has 3 rings (SSSR count). The highest BCUT2D eigenvalue weighted by molar-refractivity contribution is 5.97. The molecule has 138 valence electrons. The number of hydrogen-bond donors (Lipinski definition) is 2. The van der Waals surface area contributed by atoms with Crippen LogP contribution < -0.4 is 15.5 Å². The molecule has 1 aliphatic heterocycles. The third-order valence-electron chi connectivity index (χ3n) is 4.62. The predicted molar refractivity (Wildman–Crippen MR) is 106 cm³/mol. The van der Waals surface area contributed by atoms with Gasteiger partial charge in [0.05, 0.1) is 11.6 Å². The smallest absolute Gasteiger partial charge is 0.246 e. The van der Waals surface area contributed by atoms with Gasteiger partial charge in [-0.1, -0.05) is 0 Å². The minimum absolute atomic E-state index is 0.161. The first-order chi connectivity index (χ1) is 13.0. The van der Waals surface area contributed by atoms with Crippen LogP contribution in [-0.2, 0) is 9.59 Å². The van der Waals surface area contributed by atoms with Crippen LogP contribution in [0.25, 0.3) is 0 Å². The number of benzene rings is 2. The van der Waals surface area contributed by atoms with E-state index in [4.69, 9.17) is 5.26 Å². The van der Waals surface area contributed by atoms with Crippen LogP contribution in [0.1, 0.15) is 30.9 Å². The minimum Gasteiger partial charge on any atom is -0.374 e. The van der Waals surface area contributed by atoms with Crippen molar-refractivity contribution in [2.75, 3.05) is 22.1 Å². The molecule has 0 unspecified atom stereocenters. The molecule has 1 atom stereocenters. The van der Waals surface area contributed by atoms with E-state index in [0.29, 0.717) is 17.7 Å². The van der Waals surface area contributed by atoms with Gasteiger partial charge in [0.15, 0.2) is 0 Å². The summed E-state index contributed by atoms with van der Waals surface area (Å²) in [7, 11) is 0. The molecular weight excluding hydrogens is 340 g/mol. The Morgan fingerprint density at radius 1 is 1.19 bits per heavy atom. The Bertz CT molecular complexity index is 899. The number of carbonyl (C=O) groups is 2. The first-order valence-electron chi connectivity index (χ1n) is 8.96. The lowest BCUT2D eigenvalue weighted by Crippen LogP contribution is -2.32. The zero-order valence-corrected chi connectivity index (χ0v) is 15.5. The van der Waals surface area contributed by atoms with Gasteiger partial charge in [0.2, 0.25) is 11.8 Å². The maximum Gasteiger partial charge on any atom is 0.246 e. The fourth-order valence-electron chi connectivity index (χ4n) is 3.15. The average molecular weight is 362 g/mol. The highest BCUT2D eigenvalue weighted by Gasteiger charge is 2.23. The van der Waals surface area contributed by atoms with Gasteiger partial charge in [-0.25, -0.2) is 0 Å². The number of nitrogens with zero attached hydrogens (tertiary/aromatic N) is 2. The lowest BCUT2D eigenvalue weighted by molar-refractivity contribution is -0.117. The topological polar surface area (TPSA) is 85.2 Å². The van der Waals surface area contributed by atoms with Crippen molar-refractivity contribution in [2.24, 2.45) is 0 Å². The summed E-state index contributed by atoms with van der Waals surface area (Å²) in [4.78, 5) is 26.1. The van der Waals surface area contributed by atoms with E-state index in [9.17, 15) is 9.59 Å². The average Bonchev–Trinajstić information content (AvgIpc) is 3.08. The second kappa shape index (κ2) is 7.92. The van der Waals surface area contributed by atoms with Gasteiger partial charge in [-0.2, -0.15) is 5.26 Å². The number of rotatable bonds is 5. The molecule has 0 aliphatic carbocycles. The van der Waals surface area contributed by atoms with Crippen LogP contribution >= 0.6 is 0 Å². The van der Waals surface area contributed by atoms with Gasteiger partial charge in [-0.05, 0) is 68.3 Å². The molecule has 1 aliphatic rings. The molecule has 2 aromatic carbocycles. The highest BCUT2D eigenvalue weighted by atomic mass is 16.2. The van der Waals surface area contributed by atoms with Crippen LogP contribution in [0.3, 0.4) is 0 Å². The largest absolute Gasteiger partial charge is 0.374 e. The summed E-state index contributed by atoms with van der Waals surface area (Å²) >= 11 is 0. The molecule has 2 amide bonds. The maximum absolute atomic E-state index is 12.4. The van der Waals surface area contributed by atoms with E-state index in [1.807, 2.05) is 36.1 Å². The van der Waals surface area contributed by atoms with Crippen molar-refractivity contribution in [2.45, 2.75) is 32.7 Å².